The van der Waals surface area contributed by atoms with Crippen LogP contribution in [0.15, 0.2) is 0 Å². The standard InChI is InChI=1S/C27H48O10S2/c1-16(2)6-5-7-17(15-36-38(30,31)32)19-10-11-20-18-8-9-21-25(29)23(37-39(33,34)35)12-13-26(21,3)24(18)22(28)14-27(19,20)4/h16-25,28-29H,5-15H2,1-4H3,(H,30,31,32)(H,33,34,35)/t17-,18-,19+,20-,21?,22-,23+,24+,25-,26-,27+/m0/s1. The minimum absolute atomic E-state index is 0.0498. The van der Waals surface area contributed by atoms with Gasteiger partial charge < -0.3 is 10.2 Å². The van der Waals surface area contributed by atoms with E-state index < -0.39 is 44.5 Å². The van der Waals surface area contributed by atoms with Crippen LogP contribution in [0.1, 0.15) is 91.9 Å². The Balaban J connectivity index is 1.55. The number of aliphatic hydroxyl groups excluding tert-OH is 2. The predicted octanol–water partition coefficient (Wildman–Crippen LogP) is 4.04. The SMILES string of the molecule is CC(C)CCC[C@@H](COS(=O)(=O)O)[C@H]1CC[C@H]2[C@@H]3CCC4[C@H](O)[C@H](OS(=O)(=O)O)CC[C@]4(C)[C@H]3[C@@H](O)C[C@]12C. The molecule has 12 heteroatoms. The Hall–Kier alpha value is -0.340. The minimum Gasteiger partial charge on any atom is -0.393 e. The Bertz CT molecular complexity index is 1080. The molecule has 4 saturated carbocycles. The quantitative estimate of drug-likeness (QED) is 0.270. The molecule has 0 aromatic heterocycles. The van der Waals surface area contributed by atoms with Gasteiger partial charge in [-0.05, 0) is 104 Å². The van der Waals surface area contributed by atoms with Crippen LogP contribution in [0.3, 0.4) is 0 Å². The van der Waals surface area contributed by atoms with Crippen LogP contribution in [0.25, 0.3) is 0 Å². The second-order valence-electron chi connectivity index (χ2n) is 13.8. The molecular weight excluding hydrogens is 548 g/mol. The predicted molar refractivity (Wildman–Crippen MR) is 144 cm³/mol. The summed E-state index contributed by atoms with van der Waals surface area (Å²) in [6, 6.07) is 0. The number of aliphatic hydroxyl groups is 2. The lowest BCUT2D eigenvalue weighted by Gasteiger charge is -2.63. The van der Waals surface area contributed by atoms with E-state index in [4.69, 9.17) is 8.37 Å². The first-order valence-electron chi connectivity index (χ1n) is 14.6. The van der Waals surface area contributed by atoms with E-state index in [0.717, 1.165) is 38.5 Å². The van der Waals surface area contributed by atoms with Gasteiger partial charge in [0.05, 0.1) is 18.8 Å². The van der Waals surface area contributed by atoms with Crippen LogP contribution in [0.4, 0.5) is 0 Å². The summed E-state index contributed by atoms with van der Waals surface area (Å²) in [5.41, 5.74) is -0.607. The molecule has 10 nitrogen and oxygen atoms in total. The van der Waals surface area contributed by atoms with E-state index in [1.54, 1.807) is 0 Å². The van der Waals surface area contributed by atoms with Gasteiger partial charge >= 0.3 is 20.8 Å². The summed E-state index contributed by atoms with van der Waals surface area (Å²) in [6.45, 7) is 8.59. The Labute approximate surface area is 234 Å². The molecule has 0 aromatic carbocycles. The molecule has 0 heterocycles. The number of hydrogen-bond donors (Lipinski definition) is 4. The fourth-order valence-corrected chi connectivity index (χ4v) is 10.7. The van der Waals surface area contributed by atoms with Gasteiger partial charge in [-0.3, -0.25) is 9.11 Å². The van der Waals surface area contributed by atoms with Crippen molar-refractivity contribution in [1.29, 1.82) is 0 Å². The topological polar surface area (TPSA) is 168 Å². The van der Waals surface area contributed by atoms with Crippen molar-refractivity contribution in [2.75, 3.05) is 6.61 Å². The van der Waals surface area contributed by atoms with E-state index in [1.165, 1.54) is 0 Å². The van der Waals surface area contributed by atoms with E-state index in [1.807, 2.05) is 0 Å². The van der Waals surface area contributed by atoms with Gasteiger partial charge in [0.1, 0.15) is 6.10 Å². The highest BCUT2D eigenvalue weighted by Crippen LogP contribution is 2.68. The zero-order valence-electron chi connectivity index (χ0n) is 23.6. The van der Waals surface area contributed by atoms with E-state index >= 15 is 0 Å². The van der Waals surface area contributed by atoms with E-state index in [9.17, 15) is 36.2 Å². The van der Waals surface area contributed by atoms with Crippen molar-refractivity contribution >= 4 is 20.8 Å². The Morgan fingerprint density at radius 2 is 1.54 bits per heavy atom. The van der Waals surface area contributed by atoms with Crippen LogP contribution >= 0.6 is 0 Å². The van der Waals surface area contributed by atoms with Crippen LogP contribution in [-0.2, 0) is 29.2 Å². The van der Waals surface area contributed by atoms with Crippen LogP contribution < -0.4 is 0 Å². The highest BCUT2D eigenvalue weighted by atomic mass is 32.3. The number of hydrogen-bond acceptors (Lipinski definition) is 8. The lowest BCUT2D eigenvalue weighted by molar-refractivity contribution is -0.205. The molecule has 0 bridgehead atoms. The van der Waals surface area contributed by atoms with Gasteiger partial charge in [-0.25, -0.2) is 8.37 Å². The Morgan fingerprint density at radius 3 is 2.15 bits per heavy atom. The molecule has 4 rings (SSSR count). The Morgan fingerprint density at radius 1 is 0.872 bits per heavy atom. The van der Waals surface area contributed by atoms with Crippen molar-refractivity contribution in [3.8, 4) is 0 Å². The van der Waals surface area contributed by atoms with Crippen LogP contribution in [-0.4, -0.2) is 61.1 Å². The smallest absolute Gasteiger partial charge is 0.393 e. The second kappa shape index (κ2) is 11.4. The molecule has 0 radical (unpaired) electrons. The van der Waals surface area contributed by atoms with Gasteiger partial charge in [0.15, 0.2) is 0 Å². The summed E-state index contributed by atoms with van der Waals surface area (Å²) in [6.07, 6.45) is 4.88. The highest BCUT2D eigenvalue weighted by molar-refractivity contribution is 7.81. The van der Waals surface area contributed by atoms with Crippen molar-refractivity contribution in [3.05, 3.63) is 0 Å². The van der Waals surface area contributed by atoms with Gasteiger partial charge in [-0.1, -0.05) is 40.5 Å². The zero-order valence-corrected chi connectivity index (χ0v) is 25.2. The molecule has 4 N–H and O–H groups in total. The molecule has 4 aliphatic carbocycles. The highest BCUT2D eigenvalue weighted by Gasteiger charge is 2.65. The van der Waals surface area contributed by atoms with E-state index in [-0.39, 0.29) is 48.0 Å². The third-order valence-electron chi connectivity index (χ3n) is 11.3. The third-order valence-corrected chi connectivity index (χ3v) is 12.2. The monoisotopic (exact) mass is 596 g/mol. The van der Waals surface area contributed by atoms with Crippen LogP contribution in [0.5, 0.6) is 0 Å². The van der Waals surface area contributed by atoms with Crippen LogP contribution in [0, 0.1) is 52.3 Å². The maximum Gasteiger partial charge on any atom is 0.397 e. The summed E-state index contributed by atoms with van der Waals surface area (Å²) in [5.74, 6) is 0.894. The van der Waals surface area contributed by atoms with Gasteiger partial charge in [0, 0.05) is 0 Å². The number of fused-ring (bicyclic) bond motifs is 5. The molecule has 0 saturated heterocycles. The minimum atomic E-state index is -4.68. The Kier molecular flexibility index (Phi) is 9.23. The van der Waals surface area contributed by atoms with Crippen molar-refractivity contribution in [2.24, 2.45) is 52.3 Å². The van der Waals surface area contributed by atoms with E-state index in [2.05, 4.69) is 27.7 Å². The maximum absolute atomic E-state index is 11.8. The summed E-state index contributed by atoms with van der Waals surface area (Å²) >= 11 is 0. The molecule has 4 aliphatic rings. The molecule has 228 valence electrons. The summed E-state index contributed by atoms with van der Waals surface area (Å²) in [7, 11) is -9.23. The van der Waals surface area contributed by atoms with Crippen LogP contribution in [0.2, 0.25) is 0 Å². The summed E-state index contributed by atoms with van der Waals surface area (Å²) < 4.78 is 73.8. The maximum atomic E-state index is 11.8. The first-order chi connectivity index (χ1) is 18.0. The third kappa shape index (κ3) is 6.53. The second-order valence-corrected chi connectivity index (χ2v) is 16.0. The van der Waals surface area contributed by atoms with Crippen molar-refractivity contribution in [3.63, 3.8) is 0 Å². The van der Waals surface area contributed by atoms with Crippen molar-refractivity contribution < 1.29 is 44.5 Å². The molecular formula is C27H48O10S2. The summed E-state index contributed by atoms with van der Waals surface area (Å²) in [4.78, 5) is 0. The molecule has 11 atom stereocenters. The fraction of sp³-hybridized carbons (Fsp3) is 1.00. The zero-order chi connectivity index (χ0) is 29.0. The van der Waals surface area contributed by atoms with Crippen molar-refractivity contribution in [1.82, 2.24) is 0 Å². The summed E-state index contributed by atoms with van der Waals surface area (Å²) in [5, 5.41) is 22.9. The lowest BCUT2D eigenvalue weighted by Crippen LogP contribution is -2.62. The first kappa shape index (κ1) is 31.6. The molecule has 1 unspecified atom stereocenters. The largest absolute Gasteiger partial charge is 0.397 e. The molecule has 0 amide bonds. The van der Waals surface area contributed by atoms with Gasteiger partial charge in [0.2, 0.25) is 0 Å². The average molecular weight is 597 g/mol. The van der Waals surface area contributed by atoms with Gasteiger partial charge in [0.25, 0.3) is 0 Å². The normalized spacial score (nSPS) is 43.5. The van der Waals surface area contributed by atoms with Crippen molar-refractivity contribution in [2.45, 2.75) is 110 Å². The van der Waals surface area contributed by atoms with Gasteiger partial charge in [-0.15, -0.1) is 0 Å². The lowest BCUT2D eigenvalue weighted by atomic mass is 9.43. The fourth-order valence-electron chi connectivity index (χ4n) is 9.86. The molecule has 39 heavy (non-hydrogen) atoms. The number of rotatable bonds is 10. The molecule has 0 aromatic rings. The molecule has 0 aliphatic heterocycles. The molecule has 4 fully saturated rings. The van der Waals surface area contributed by atoms with Gasteiger partial charge in [-0.2, -0.15) is 16.8 Å². The molecule has 0 spiro atoms. The first-order valence-corrected chi connectivity index (χ1v) is 17.3. The average Bonchev–Trinajstić information content (AvgIpc) is 3.12. The van der Waals surface area contributed by atoms with E-state index in [0.29, 0.717) is 31.1 Å².